The molecule has 0 unspecified atom stereocenters. The molecule has 0 aliphatic carbocycles. The summed E-state index contributed by atoms with van der Waals surface area (Å²) in [6.45, 7) is 1.49. The Hall–Kier alpha value is -2.01. The fourth-order valence-corrected chi connectivity index (χ4v) is 1.73. The number of hydrogen-bond acceptors (Lipinski definition) is 4. The van der Waals surface area contributed by atoms with Crippen LogP contribution in [0.3, 0.4) is 0 Å². The van der Waals surface area contributed by atoms with Gasteiger partial charge in [-0.2, -0.15) is 4.98 Å². The minimum atomic E-state index is -0.385. The summed E-state index contributed by atoms with van der Waals surface area (Å²) in [7, 11) is 1.51. The number of ether oxygens (including phenoxy) is 1. The van der Waals surface area contributed by atoms with Crippen molar-refractivity contribution in [2.24, 2.45) is 0 Å². The number of halogens is 1. The van der Waals surface area contributed by atoms with Gasteiger partial charge in [-0.1, -0.05) is 11.6 Å². The van der Waals surface area contributed by atoms with Crippen molar-refractivity contribution in [1.82, 2.24) is 9.97 Å². The maximum atomic E-state index is 11.5. The van der Waals surface area contributed by atoms with Crippen LogP contribution in [0.1, 0.15) is 5.56 Å². The number of aromatic amines is 1. The highest BCUT2D eigenvalue weighted by Gasteiger charge is 2.09. The second kappa shape index (κ2) is 4.70. The quantitative estimate of drug-likeness (QED) is 0.873. The number of H-pyrrole nitrogens is 1. The average molecular weight is 267 g/mol. The predicted octanol–water partition coefficient (Wildman–Crippen LogP) is 2.11. The Balaban J connectivity index is 2.56. The van der Waals surface area contributed by atoms with Gasteiger partial charge in [0.2, 0.25) is 5.88 Å². The molecule has 0 aliphatic heterocycles. The Morgan fingerprint density at radius 2 is 2.17 bits per heavy atom. The Kier molecular flexibility index (Phi) is 3.25. The molecule has 0 spiro atoms. The standard InChI is InChI=1S/C12H11ClN2O3/c1-6-11(16)14-10(15-12(6)17)7-3-4-9(18-2)8(13)5-7/h3-5H,1-2H3,(H2,14,15,16,17). The predicted molar refractivity (Wildman–Crippen MR) is 68.3 cm³/mol. The molecule has 1 aromatic heterocycles. The van der Waals surface area contributed by atoms with E-state index in [1.807, 2.05) is 0 Å². The van der Waals surface area contributed by atoms with Crippen LogP contribution in [-0.2, 0) is 0 Å². The second-order valence-electron chi connectivity index (χ2n) is 3.71. The number of hydrogen-bond donors (Lipinski definition) is 2. The van der Waals surface area contributed by atoms with Crippen LogP contribution < -0.4 is 10.3 Å². The lowest BCUT2D eigenvalue weighted by molar-refractivity contribution is 0.415. The molecule has 2 rings (SSSR count). The summed E-state index contributed by atoms with van der Waals surface area (Å²) < 4.78 is 5.03. The van der Waals surface area contributed by atoms with Gasteiger partial charge in [-0.05, 0) is 25.1 Å². The van der Waals surface area contributed by atoms with E-state index in [0.717, 1.165) is 0 Å². The lowest BCUT2D eigenvalue weighted by Gasteiger charge is -2.06. The van der Waals surface area contributed by atoms with Crippen molar-refractivity contribution in [1.29, 1.82) is 0 Å². The van der Waals surface area contributed by atoms with Crippen molar-refractivity contribution < 1.29 is 9.84 Å². The topological polar surface area (TPSA) is 75.2 Å². The Morgan fingerprint density at radius 3 is 2.72 bits per heavy atom. The molecule has 0 atom stereocenters. The number of methoxy groups -OCH3 is 1. The number of rotatable bonds is 2. The maximum absolute atomic E-state index is 11.5. The molecule has 2 N–H and O–H groups in total. The SMILES string of the molecule is COc1ccc(-c2nc(O)c(C)c(=O)[nH]2)cc1Cl. The molecule has 0 saturated heterocycles. The number of benzene rings is 1. The van der Waals surface area contributed by atoms with Gasteiger partial charge in [0.25, 0.3) is 5.56 Å². The third kappa shape index (κ3) is 2.17. The van der Waals surface area contributed by atoms with E-state index in [1.54, 1.807) is 18.2 Å². The zero-order valence-electron chi connectivity index (χ0n) is 9.82. The minimum absolute atomic E-state index is 0.179. The largest absolute Gasteiger partial charge is 0.495 e. The van der Waals surface area contributed by atoms with Crippen LogP contribution in [0.25, 0.3) is 11.4 Å². The molecule has 1 aromatic carbocycles. The molecular formula is C12H11ClN2O3. The molecule has 18 heavy (non-hydrogen) atoms. The van der Waals surface area contributed by atoms with Gasteiger partial charge in [0, 0.05) is 5.56 Å². The summed E-state index contributed by atoms with van der Waals surface area (Å²) in [6, 6.07) is 4.96. The number of nitrogens with zero attached hydrogens (tertiary/aromatic N) is 1. The molecule has 2 aromatic rings. The molecule has 0 amide bonds. The normalized spacial score (nSPS) is 10.4. The fraction of sp³-hybridized carbons (Fsp3) is 0.167. The third-order valence-electron chi connectivity index (χ3n) is 2.55. The average Bonchev–Trinajstić information content (AvgIpc) is 2.35. The summed E-state index contributed by atoms with van der Waals surface area (Å²) in [6.07, 6.45) is 0. The lowest BCUT2D eigenvalue weighted by Crippen LogP contribution is -2.12. The van der Waals surface area contributed by atoms with Crippen molar-refractivity contribution in [2.45, 2.75) is 6.92 Å². The first-order valence-electron chi connectivity index (χ1n) is 5.16. The first kappa shape index (κ1) is 12.4. The van der Waals surface area contributed by atoms with Crippen LogP contribution in [-0.4, -0.2) is 22.2 Å². The van der Waals surface area contributed by atoms with E-state index in [4.69, 9.17) is 16.3 Å². The Labute approximate surface area is 108 Å². The first-order valence-corrected chi connectivity index (χ1v) is 5.54. The van der Waals surface area contributed by atoms with Gasteiger partial charge in [0.15, 0.2) is 0 Å². The molecule has 0 saturated carbocycles. The zero-order valence-corrected chi connectivity index (χ0v) is 10.6. The van der Waals surface area contributed by atoms with Crippen molar-refractivity contribution in [3.63, 3.8) is 0 Å². The molecule has 94 valence electrons. The summed E-state index contributed by atoms with van der Waals surface area (Å²) in [5.41, 5.74) is 0.385. The summed E-state index contributed by atoms with van der Waals surface area (Å²) in [5, 5.41) is 9.92. The summed E-state index contributed by atoms with van der Waals surface area (Å²) in [5.74, 6) is 0.493. The zero-order chi connectivity index (χ0) is 13.3. The summed E-state index contributed by atoms with van der Waals surface area (Å²) in [4.78, 5) is 18.0. The van der Waals surface area contributed by atoms with E-state index >= 15 is 0 Å². The van der Waals surface area contributed by atoms with E-state index in [1.165, 1.54) is 14.0 Å². The van der Waals surface area contributed by atoms with Crippen LogP contribution in [0, 0.1) is 6.92 Å². The molecule has 0 radical (unpaired) electrons. The number of nitrogens with one attached hydrogen (secondary N) is 1. The molecule has 5 nitrogen and oxygen atoms in total. The number of aromatic hydroxyl groups is 1. The molecule has 1 heterocycles. The van der Waals surface area contributed by atoms with E-state index in [2.05, 4.69) is 9.97 Å². The lowest BCUT2D eigenvalue weighted by atomic mass is 10.2. The highest BCUT2D eigenvalue weighted by atomic mass is 35.5. The summed E-state index contributed by atoms with van der Waals surface area (Å²) >= 11 is 5.98. The van der Waals surface area contributed by atoms with Gasteiger partial charge in [0.1, 0.15) is 11.6 Å². The van der Waals surface area contributed by atoms with Crippen LogP contribution in [0.4, 0.5) is 0 Å². The van der Waals surface area contributed by atoms with Crippen LogP contribution in [0.5, 0.6) is 11.6 Å². The minimum Gasteiger partial charge on any atom is -0.495 e. The van der Waals surface area contributed by atoms with Crippen molar-refractivity contribution in [3.8, 4) is 23.0 Å². The van der Waals surface area contributed by atoms with Gasteiger partial charge < -0.3 is 14.8 Å². The molecule has 0 bridgehead atoms. The van der Waals surface area contributed by atoms with E-state index in [0.29, 0.717) is 16.3 Å². The van der Waals surface area contributed by atoms with Crippen molar-refractivity contribution in [3.05, 3.63) is 39.1 Å². The van der Waals surface area contributed by atoms with Gasteiger partial charge >= 0.3 is 0 Å². The highest BCUT2D eigenvalue weighted by molar-refractivity contribution is 6.32. The second-order valence-corrected chi connectivity index (χ2v) is 4.12. The van der Waals surface area contributed by atoms with Gasteiger partial charge in [0.05, 0.1) is 17.7 Å². The van der Waals surface area contributed by atoms with Crippen molar-refractivity contribution >= 4 is 11.6 Å². The smallest absolute Gasteiger partial charge is 0.257 e. The third-order valence-corrected chi connectivity index (χ3v) is 2.85. The molecular weight excluding hydrogens is 256 g/mol. The van der Waals surface area contributed by atoms with E-state index < -0.39 is 0 Å². The Bertz CT molecular complexity index is 652. The van der Waals surface area contributed by atoms with Gasteiger partial charge in [-0.3, -0.25) is 4.79 Å². The van der Waals surface area contributed by atoms with Crippen LogP contribution in [0.2, 0.25) is 5.02 Å². The van der Waals surface area contributed by atoms with Crippen molar-refractivity contribution in [2.75, 3.05) is 7.11 Å². The molecule has 0 aliphatic rings. The Morgan fingerprint density at radius 1 is 1.44 bits per heavy atom. The van der Waals surface area contributed by atoms with E-state index in [-0.39, 0.29) is 22.8 Å². The fourth-order valence-electron chi connectivity index (χ4n) is 1.47. The van der Waals surface area contributed by atoms with Crippen LogP contribution >= 0.6 is 11.6 Å². The van der Waals surface area contributed by atoms with Gasteiger partial charge in [-0.15, -0.1) is 0 Å². The first-order chi connectivity index (χ1) is 8.52. The number of aromatic nitrogens is 2. The van der Waals surface area contributed by atoms with E-state index in [9.17, 15) is 9.90 Å². The maximum Gasteiger partial charge on any atom is 0.257 e. The highest BCUT2D eigenvalue weighted by Crippen LogP contribution is 2.28. The van der Waals surface area contributed by atoms with Gasteiger partial charge in [-0.25, -0.2) is 0 Å². The molecule has 6 heteroatoms. The van der Waals surface area contributed by atoms with Crippen LogP contribution in [0.15, 0.2) is 23.0 Å². The monoisotopic (exact) mass is 266 g/mol. The molecule has 0 fully saturated rings.